The summed E-state index contributed by atoms with van der Waals surface area (Å²) in [5.74, 6) is -0.419. The van der Waals surface area contributed by atoms with E-state index in [1.807, 2.05) is 6.07 Å². The summed E-state index contributed by atoms with van der Waals surface area (Å²) in [5, 5.41) is 18.8. The minimum absolute atomic E-state index is 0.0487. The fourth-order valence-electron chi connectivity index (χ4n) is 1.79. The van der Waals surface area contributed by atoms with Crippen molar-refractivity contribution in [2.45, 2.75) is 19.4 Å². The summed E-state index contributed by atoms with van der Waals surface area (Å²) in [6.07, 6.45) is -0.872. The number of esters is 1. The Bertz CT molecular complexity index is 468. The molecule has 0 aliphatic heterocycles. The van der Waals surface area contributed by atoms with Crippen molar-refractivity contribution in [3.8, 4) is 6.07 Å². The molecule has 1 aromatic carbocycles. The molecule has 1 aromatic rings. The van der Waals surface area contributed by atoms with Gasteiger partial charge in [0, 0.05) is 13.6 Å². The predicted octanol–water partition coefficient (Wildman–Crippen LogP) is 1.31. The summed E-state index contributed by atoms with van der Waals surface area (Å²) in [4.78, 5) is 13.0. The van der Waals surface area contributed by atoms with Gasteiger partial charge in [-0.15, -0.1) is 0 Å². The third-order valence-corrected chi connectivity index (χ3v) is 2.63. The van der Waals surface area contributed by atoms with Gasteiger partial charge in [-0.05, 0) is 19.1 Å². The summed E-state index contributed by atoms with van der Waals surface area (Å²) in [5.41, 5.74) is 1.27. The van der Waals surface area contributed by atoms with Crippen LogP contribution < -0.4 is 4.90 Å². The van der Waals surface area contributed by atoms with Crippen LogP contribution in [0.1, 0.15) is 18.9 Å². The van der Waals surface area contributed by atoms with Crippen molar-refractivity contribution >= 4 is 11.7 Å². The number of nitriles is 1. The fourth-order valence-corrected chi connectivity index (χ4v) is 1.79. The standard InChI is InChI=1S/C14H18N2O3/c1-3-19-14(18)8-12(17)10-16(2)13-7-5-4-6-11(13)9-15/h4-7,12,17H,3,8,10H2,1-2H3. The summed E-state index contributed by atoms with van der Waals surface area (Å²) in [6, 6.07) is 9.22. The second-order valence-corrected chi connectivity index (χ2v) is 4.17. The van der Waals surface area contributed by atoms with Gasteiger partial charge in [0.05, 0.1) is 30.4 Å². The van der Waals surface area contributed by atoms with Gasteiger partial charge < -0.3 is 14.7 Å². The summed E-state index contributed by atoms with van der Waals surface area (Å²) >= 11 is 0. The average Bonchev–Trinajstić information content (AvgIpc) is 2.38. The number of rotatable bonds is 6. The number of aliphatic hydroxyl groups is 1. The Labute approximate surface area is 113 Å². The predicted molar refractivity (Wildman–Crippen MR) is 71.7 cm³/mol. The molecule has 19 heavy (non-hydrogen) atoms. The lowest BCUT2D eigenvalue weighted by atomic mass is 10.1. The van der Waals surface area contributed by atoms with Crippen LogP contribution in [0.15, 0.2) is 24.3 Å². The normalized spacial score (nSPS) is 11.5. The molecule has 0 saturated carbocycles. The molecule has 1 atom stereocenters. The molecular formula is C14H18N2O3. The number of carbonyl (C=O) groups is 1. The van der Waals surface area contributed by atoms with Gasteiger partial charge in [-0.1, -0.05) is 12.1 Å². The largest absolute Gasteiger partial charge is 0.466 e. The van der Waals surface area contributed by atoms with Gasteiger partial charge in [-0.25, -0.2) is 0 Å². The zero-order chi connectivity index (χ0) is 14.3. The second-order valence-electron chi connectivity index (χ2n) is 4.17. The van der Waals surface area contributed by atoms with E-state index in [0.717, 1.165) is 5.69 Å². The molecule has 102 valence electrons. The maximum absolute atomic E-state index is 11.2. The molecule has 1 N–H and O–H groups in total. The topological polar surface area (TPSA) is 73.6 Å². The molecule has 0 spiro atoms. The Hall–Kier alpha value is -2.06. The molecule has 0 heterocycles. The van der Waals surface area contributed by atoms with Gasteiger partial charge in [0.1, 0.15) is 6.07 Å². The monoisotopic (exact) mass is 262 g/mol. The minimum Gasteiger partial charge on any atom is -0.466 e. The van der Waals surface area contributed by atoms with E-state index in [1.54, 1.807) is 37.1 Å². The van der Waals surface area contributed by atoms with Crippen molar-refractivity contribution in [1.29, 1.82) is 5.26 Å². The van der Waals surface area contributed by atoms with Crippen LogP contribution in [0, 0.1) is 11.3 Å². The number of nitrogens with zero attached hydrogens (tertiary/aromatic N) is 2. The molecule has 0 aliphatic carbocycles. The summed E-state index contributed by atoms with van der Waals surface area (Å²) in [6.45, 7) is 2.29. The van der Waals surface area contributed by atoms with E-state index in [2.05, 4.69) is 6.07 Å². The van der Waals surface area contributed by atoms with Crippen molar-refractivity contribution < 1.29 is 14.6 Å². The molecule has 0 saturated heterocycles. The van der Waals surface area contributed by atoms with E-state index in [0.29, 0.717) is 12.2 Å². The van der Waals surface area contributed by atoms with Crippen molar-refractivity contribution in [2.24, 2.45) is 0 Å². The number of hydrogen-bond donors (Lipinski definition) is 1. The van der Waals surface area contributed by atoms with Crippen molar-refractivity contribution in [3.63, 3.8) is 0 Å². The third-order valence-electron chi connectivity index (χ3n) is 2.63. The number of carbonyl (C=O) groups excluding carboxylic acids is 1. The first-order valence-corrected chi connectivity index (χ1v) is 6.12. The van der Waals surface area contributed by atoms with E-state index >= 15 is 0 Å². The first kappa shape index (κ1) is 15.0. The molecule has 0 amide bonds. The van der Waals surface area contributed by atoms with Crippen LogP contribution in [0.2, 0.25) is 0 Å². The molecule has 1 rings (SSSR count). The van der Waals surface area contributed by atoms with Gasteiger partial charge in [0.15, 0.2) is 0 Å². The smallest absolute Gasteiger partial charge is 0.308 e. The van der Waals surface area contributed by atoms with Crippen LogP contribution in [0.4, 0.5) is 5.69 Å². The number of aliphatic hydroxyl groups excluding tert-OH is 1. The highest BCUT2D eigenvalue weighted by atomic mass is 16.5. The van der Waals surface area contributed by atoms with Gasteiger partial charge in [-0.2, -0.15) is 5.26 Å². The zero-order valence-corrected chi connectivity index (χ0v) is 11.2. The lowest BCUT2D eigenvalue weighted by Crippen LogP contribution is -2.31. The Kier molecular flexibility index (Phi) is 5.83. The summed E-state index contributed by atoms with van der Waals surface area (Å²) in [7, 11) is 1.77. The first-order valence-electron chi connectivity index (χ1n) is 6.12. The van der Waals surface area contributed by atoms with Gasteiger partial charge in [0.25, 0.3) is 0 Å². The lowest BCUT2D eigenvalue weighted by molar-refractivity contribution is -0.145. The maximum Gasteiger partial charge on any atom is 0.308 e. The second kappa shape index (κ2) is 7.39. The van der Waals surface area contributed by atoms with E-state index in [1.165, 1.54) is 0 Å². The van der Waals surface area contributed by atoms with E-state index in [4.69, 9.17) is 10.00 Å². The van der Waals surface area contributed by atoms with Crippen molar-refractivity contribution in [1.82, 2.24) is 0 Å². The minimum atomic E-state index is -0.823. The highest BCUT2D eigenvalue weighted by Crippen LogP contribution is 2.18. The molecule has 0 bridgehead atoms. The Balaban J connectivity index is 2.62. The van der Waals surface area contributed by atoms with Crippen LogP contribution >= 0.6 is 0 Å². The molecule has 0 fully saturated rings. The highest BCUT2D eigenvalue weighted by Gasteiger charge is 2.15. The first-order chi connectivity index (χ1) is 9.08. The lowest BCUT2D eigenvalue weighted by Gasteiger charge is -2.23. The third kappa shape index (κ3) is 4.60. The number of anilines is 1. The zero-order valence-electron chi connectivity index (χ0n) is 11.2. The van der Waals surface area contributed by atoms with Gasteiger partial charge in [0.2, 0.25) is 0 Å². The van der Waals surface area contributed by atoms with E-state index in [9.17, 15) is 9.90 Å². The number of likely N-dealkylation sites (N-methyl/N-ethyl adjacent to an activating group) is 1. The summed E-state index contributed by atoms with van der Waals surface area (Å²) < 4.78 is 4.77. The van der Waals surface area contributed by atoms with Crippen LogP contribution in [-0.2, 0) is 9.53 Å². The maximum atomic E-state index is 11.2. The Morgan fingerprint density at radius 1 is 1.53 bits per heavy atom. The Morgan fingerprint density at radius 3 is 2.84 bits per heavy atom. The number of hydrogen-bond acceptors (Lipinski definition) is 5. The SMILES string of the molecule is CCOC(=O)CC(O)CN(C)c1ccccc1C#N. The fraction of sp³-hybridized carbons (Fsp3) is 0.429. The molecular weight excluding hydrogens is 244 g/mol. The van der Waals surface area contributed by atoms with Crippen molar-refractivity contribution in [2.75, 3.05) is 25.1 Å². The van der Waals surface area contributed by atoms with Crippen LogP contribution in [0.3, 0.4) is 0 Å². The van der Waals surface area contributed by atoms with Crippen LogP contribution in [-0.4, -0.2) is 37.4 Å². The number of ether oxygens (including phenoxy) is 1. The average molecular weight is 262 g/mol. The van der Waals surface area contributed by atoms with Crippen molar-refractivity contribution in [3.05, 3.63) is 29.8 Å². The molecule has 1 unspecified atom stereocenters. The number of benzene rings is 1. The van der Waals surface area contributed by atoms with Gasteiger partial charge >= 0.3 is 5.97 Å². The molecule has 0 radical (unpaired) electrons. The van der Waals surface area contributed by atoms with Crippen LogP contribution in [0.5, 0.6) is 0 Å². The van der Waals surface area contributed by atoms with Gasteiger partial charge in [-0.3, -0.25) is 4.79 Å². The molecule has 5 heteroatoms. The molecule has 0 aliphatic rings. The van der Waals surface area contributed by atoms with Crippen LogP contribution in [0.25, 0.3) is 0 Å². The molecule has 5 nitrogen and oxygen atoms in total. The highest BCUT2D eigenvalue weighted by molar-refractivity contribution is 5.70. The van der Waals surface area contributed by atoms with E-state index < -0.39 is 12.1 Å². The quantitative estimate of drug-likeness (QED) is 0.782. The number of para-hydroxylation sites is 1. The Morgan fingerprint density at radius 2 is 2.21 bits per heavy atom. The molecule has 0 aromatic heterocycles. The van der Waals surface area contributed by atoms with E-state index in [-0.39, 0.29) is 13.0 Å².